The number of aromatic nitrogens is 6. The van der Waals surface area contributed by atoms with Crippen LogP contribution in [0.25, 0.3) is 0 Å². The number of H-pyrrole nitrogens is 1. The molecule has 0 aliphatic heterocycles. The fourth-order valence-corrected chi connectivity index (χ4v) is 0.820. The maximum atomic E-state index is 4.02. The Balaban J connectivity index is 2.15. The van der Waals surface area contributed by atoms with Gasteiger partial charge in [0.25, 0.3) is 0 Å². The van der Waals surface area contributed by atoms with Crippen molar-refractivity contribution in [1.29, 1.82) is 0 Å². The minimum absolute atomic E-state index is 0.511. The fourth-order valence-electron chi connectivity index (χ4n) is 0.820. The molecular weight excluding hydrogens is 156 g/mol. The molecule has 12 heavy (non-hydrogen) atoms. The molecule has 2 aromatic rings. The van der Waals surface area contributed by atoms with Gasteiger partial charge >= 0.3 is 0 Å². The molecule has 0 aliphatic rings. The molecule has 0 fully saturated rings. The van der Waals surface area contributed by atoms with Gasteiger partial charge in [0.15, 0.2) is 5.82 Å². The van der Waals surface area contributed by atoms with Crippen molar-refractivity contribution < 1.29 is 0 Å². The van der Waals surface area contributed by atoms with Crippen LogP contribution in [0.3, 0.4) is 0 Å². The van der Waals surface area contributed by atoms with Crippen molar-refractivity contribution in [1.82, 2.24) is 30.6 Å². The van der Waals surface area contributed by atoms with E-state index in [1.54, 1.807) is 18.5 Å². The summed E-state index contributed by atoms with van der Waals surface area (Å²) in [5, 5.41) is 13.4. The molecule has 0 saturated carbocycles. The van der Waals surface area contributed by atoms with Gasteiger partial charge in [0.1, 0.15) is 5.82 Å². The smallest absolute Gasteiger partial charge is 0.182 e. The number of aromatic amines is 1. The summed E-state index contributed by atoms with van der Waals surface area (Å²) in [5.41, 5.74) is 0. The molecule has 60 valence electrons. The van der Waals surface area contributed by atoms with Gasteiger partial charge in [0.2, 0.25) is 0 Å². The van der Waals surface area contributed by atoms with Gasteiger partial charge in [-0.1, -0.05) is 5.21 Å². The van der Waals surface area contributed by atoms with Crippen LogP contribution in [-0.2, 0) is 6.42 Å². The second kappa shape index (κ2) is 3.04. The SMILES string of the molecule is c1cnc(Cc2nn[nH]n2)nc1. The van der Waals surface area contributed by atoms with Crippen molar-refractivity contribution in [3.05, 3.63) is 30.1 Å². The number of nitrogens with one attached hydrogen (secondary N) is 1. The third kappa shape index (κ3) is 1.42. The highest BCUT2D eigenvalue weighted by Gasteiger charge is 2.00. The Hall–Kier alpha value is -1.85. The molecule has 0 saturated heterocycles. The van der Waals surface area contributed by atoms with Crippen LogP contribution in [0.5, 0.6) is 0 Å². The number of hydrogen-bond acceptors (Lipinski definition) is 5. The molecule has 0 atom stereocenters. The van der Waals surface area contributed by atoms with E-state index in [0.29, 0.717) is 18.1 Å². The quantitative estimate of drug-likeness (QED) is 0.648. The van der Waals surface area contributed by atoms with Gasteiger partial charge in [-0.3, -0.25) is 0 Å². The highest BCUT2D eigenvalue weighted by Crippen LogP contribution is 1.94. The van der Waals surface area contributed by atoms with Crippen molar-refractivity contribution in [2.75, 3.05) is 0 Å². The molecule has 0 unspecified atom stereocenters. The average molecular weight is 162 g/mol. The van der Waals surface area contributed by atoms with Crippen molar-refractivity contribution in [2.24, 2.45) is 0 Å². The van der Waals surface area contributed by atoms with Crippen molar-refractivity contribution in [3.63, 3.8) is 0 Å². The predicted molar refractivity (Wildman–Crippen MR) is 39.0 cm³/mol. The van der Waals surface area contributed by atoms with Crippen LogP contribution >= 0.6 is 0 Å². The van der Waals surface area contributed by atoms with Crippen molar-refractivity contribution in [3.8, 4) is 0 Å². The highest BCUT2D eigenvalue weighted by molar-refractivity contribution is 4.96. The summed E-state index contributed by atoms with van der Waals surface area (Å²) in [5.74, 6) is 1.29. The molecule has 0 spiro atoms. The van der Waals surface area contributed by atoms with Crippen LogP contribution in [0.15, 0.2) is 18.5 Å². The Labute approximate surface area is 68.1 Å². The number of hydrogen-bond donors (Lipinski definition) is 1. The standard InChI is InChI=1S/C6H6N6/c1-2-7-5(8-3-1)4-6-9-11-12-10-6/h1-3H,4H2,(H,9,10,11,12). The van der Waals surface area contributed by atoms with Gasteiger partial charge in [-0.2, -0.15) is 5.21 Å². The molecule has 1 N–H and O–H groups in total. The lowest BCUT2D eigenvalue weighted by Crippen LogP contribution is -1.96. The zero-order chi connectivity index (χ0) is 8.23. The van der Waals surface area contributed by atoms with Gasteiger partial charge in [-0.05, 0) is 6.07 Å². The van der Waals surface area contributed by atoms with Crippen molar-refractivity contribution >= 4 is 0 Å². The first kappa shape index (κ1) is 6.84. The molecule has 0 aromatic carbocycles. The third-order valence-electron chi connectivity index (χ3n) is 1.32. The Morgan fingerprint density at radius 1 is 1.17 bits per heavy atom. The van der Waals surface area contributed by atoms with Gasteiger partial charge < -0.3 is 0 Å². The van der Waals surface area contributed by atoms with Gasteiger partial charge in [0.05, 0.1) is 6.42 Å². The summed E-state index contributed by atoms with van der Waals surface area (Å²) in [6.07, 6.45) is 3.88. The third-order valence-corrected chi connectivity index (χ3v) is 1.32. The Morgan fingerprint density at radius 3 is 2.67 bits per heavy atom. The van der Waals surface area contributed by atoms with E-state index in [-0.39, 0.29) is 0 Å². The van der Waals surface area contributed by atoms with Crippen LogP contribution in [-0.4, -0.2) is 30.6 Å². The molecule has 0 bridgehead atoms. The topological polar surface area (TPSA) is 80.2 Å². The maximum Gasteiger partial charge on any atom is 0.182 e. The summed E-state index contributed by atoms with van der Waals surface area (Å²) in [7, 11) is 0. The molecule has 0 radical (unpaired) electrons. The normalized spacial score (nSPS) is 10.0. The van der Waals surface area contributed by atoms with Gasteiger partial charge in [-0.25, -0.2) is 9.97 Å². The minimum atomic E-state index is 0.511. The molecule has 0 amide bonds. The van der Waals surface area contributed by atoms with E-state index in [1.807, 2.05) is 0 Å². The summed E-state index contributed by atoms with van der Waals surface area (Å²) >= 11 is 0. The lowest BCUT2D eigenvalue weighted by atomic mass is 10.4. The van der Waals surface area contributed by atoms with E-state index in [1.165, 1.54) is 0 Å². The second-order valence-electron chi connectivity index (χ2n) is 2.17. The summed E-state index contributed by atoms with van der Waals surface area (Å²) in [6, 6.07) is 1.76. The van der Waals surface area contributed by atoms with Crippen LogP contribution in [0.4, 0.5) is 0 Å². The summed E-state index contributed by atoms with van der Waals surface area (Å²) in [6.45, 7) is 0. The van der Waals surface area contributed by atoms with Crippen LogP contribution < -0.4 is 0 Å². The Bertz CT molecular complexity index is 328. The molecule has 2 rings (SSSR count). The van der Waals surface area contributed by atoms with Gasteiger partial charge in [-0.15, -0.1) is 10.2 Å². The maximum absolute atomic E-state index is 4.02. The van der Waals surface area contributed by atoms with E-state index < -0.39 is 0 Å². The first-order valence-corrected chi connectivity index (χ1v) is 3.43. The van der Waals surface area contributed by atoms with E-state index in [2.05, 4.69) is 30.6 Å². The first-order valence-electron chi connectivity index (χ1n) is 3.43. The minimum Gasteiger partial charge on any atom is -0.241 e. The van der Waals surface area contributed by atoms with Crippen LogP contribution in [0.1, 0.15) is 11.6 Å². The second-order valence-corrected chi connectivity index (χ2v) is 2.17. The van der Waals surface area contributed by atoms with Crippen LogP contribution in [0, 0.1) is 0 Å². The zero-order valence-corrected chi connectivity index (χ0v) is 6.18. The van der Waals surface area contributed by atoms with E-state index in [4.69, 9.17) is 0 Å². The zero-order valence-electron chi connectivity index (χ0n) is 6.18. The molecule has 2 heterocycles. The molecule has 0 aliphatic carbocycles. The van der Waals surface area contributed by atoms with E-state index in [0.717, 1.165) is 0 Å². The van der Waals surface area contributed by atoms with E-state index >= 15 is 0 Å². The number of tetrazole rings is 1. The monoisotopic (exact) mass is 162 g/mol. The van der Waals surface area contributed by atoms with Crippen LogP contribution in [0.2, 0.25) is 0 Å². The molecule has 6 heteroatoms. The fraction of sp³-hybridized carbons (Fsp3) is 0.167. The predicted octanol–water partition coefficient (Wildman–Crippen LogP) is -0.420. The summed E-state index contributed by atoms with van der Waals surface area (Å²) < 4.78 is 0. The van der Waals surface area contributed by atoms with Gasteiger partial charge in [0, 0.05) is 12.4 Å². The highest BCUT2D eigenvalue weighted by atomic mass is 15.5. The average Bonchev–Trinajstić information content (AvgIpc) is 2.59. The number of nitrogens with zero attached hydrogens (tertiary/aromatic N) is 5. The molecule has 6 nitrogen and oxygen atoms in total. The molecule has 2 aromatic heterocycles. The largest absolute Gasteiger partial charge is 0.241 e. The Morgan fingerprint density at radius 2 is 2.00 bits per heavy atom. The lowest BCUT2D eigenvalue weighted by Gasteiger charge is -1.91. The van der Waals surface area contributed by atoms with Crippen molar-refractivity contribution in [2.45, 2.75) is 6.42 Å². The Kier molecular flexibility index (Phi) is 1.73. The first-order chi connectivity index (χ1) is 5.95. The summed E-state index contributed by atoms with van der Waals surface area (Å²) in [4.78, 5) is 8.04. The molecular formula is C6H6N6. The number of rotatable bonds is 2. The van der Waals surface area contributed by atoms with E-state index in [9.17, 15) is 0 Å². The lowest BCUT2D eigenvalue weighted by molar-refractivity contribution is 0.881.